The summed E-state index contributed by atoms with van der Waals surface area (Å²) in [5.41, 5.74) is 6.27. The highest BCUT2D eigenvalue weighted by Crippen LogP contribution is 2.19. The second-order valence-corrected chi connectivity index (χ2v) is 2.67. The van der Waals surface area contributed by atoms with Gasteiger partial charge in [-0.05, 0) is 24.6 Å². The first-order valence-electron chi connectivity index (χ1n) is 2.86. The number of benzene rings is 1. The summed E-state index contributed by atoms with van der Waals surface area (Å²) in [6, 6.07) is 3.02. The molecule has 0 bridgehead atoms. The summed E-state index contributed by atoms with van der Waals surface area (Å²) in [6.45, 7) is 1.75. The summed E-state index contributed by atoms with van der Waals surface area (Å²) in [5, 5.41) is 0. The average Bonchev–Trinajstić information content (AvgIpc) is 1.82. The first-order chi connectivity index (χ1) is 4.61. The lowest BCUT2D eigenvalue weighted by molar-refractivity contribution is 0.628. The molecule has 0 aromatic heterocycles. The fourth-order valence-corrected chi connectivity index (χ4v) is 1.04. The quantitative estimate of drug-likeness (QED) is 0.437. The molecule has 0 saturated carbocycles. The fraction of sp³-hybridized carbons (Fsp3) is 0.143. The monoisotopic (exact) mass is 157 g/mol. The van der Waals surface area contributed by atoms with Crippen molar-refractivity contribution in [3.05, 3.63) is 23.5 Å². The summed E-state index contributed by atoms with van der Waals surface area (Å²) in [5.74, 6) is -0.398. The Morgan fingerprint density at radius 2 is 2.10 bits per heavy atom. The molecule has 2 N–H and O–H groups in total. The van der Waals surface area contributed by atoms with Crippen molar-refractivity contribution >= 4 is 18.3 Å². The van der Waals surface area contributed by atoms with E-state index in [4.69, 9.17) is 5.73 Å². The minimum atomic E-state index is -0.398. The lowest BCUT2D eigenvalue weighted by Gasteiger charge is -2.01. The zero-order chi connectivity index (χ0) is 7.72. The molecule has 0 fully saturated rings. The zero-order valence-electron chi connectivity index (χ0n) is 5.56. The van der Waals surface area contributed by atoms with Crippen molar-refractivity contribution in [2.45, 2.75) is 11.8 Å². The molecule has 0 spiro atoms. The normalized spacial score (nSPS) is 9.90. The van der Waals surface area contributed by atoms with Crippen LogP contribution in [-0.2, 0) is 0 Å². The lowest BCUT2D eigenvalue weighted by atomic mass is 10.2. The Morgan fingerprint density at radius 1 is 1.50 bits per heavy atom. The molecule has 1 aromatic carbocycles. The Labute approximate surface area is 64.5 Å². The predicted octanol–water partition coefficient (Wildman–Crippen LogP) is 2.01. The van der Waals surface area contributed by atoms with Crippen LogP contribution in [0.4, 0.5) is 10.1 Å². The highest BCUT2D eigenvalue weighted by molar-refractivity contribution is 7.80. The Bertz CT molecular complexity index is 237. The van der Waals surface area contributed by atoms with Gasteiger partial charge in [0, 0.05) is 4.90 Å². The van der Waals surface area contributed by atoms with Gasteiger partial charge in [0.05, 0.1) is 5.69 Å². The molecule has 0 radical (unpaired) electrons. The Balaban J connectivity index is 3.31. The van der Waals surface area contributed by atoms with Crippen molar-refractivity contribution < 1.29 is 4.39 Å². The molecule has 0 atom stereocenters. The average molecular weight is 157 g/mol. The number of rotatable bonds is 0. The molecule has 0 aliphatic heterocycles. The van der Waals surface area contributed by atoms with Gasteiger partial charge in [-0.15, -0.1) is 12.6 Å². The number of aryl methyl sites for hydroxylation is 1. The van der Waals surface area contributed by atoms with Crippen LogP contribution < -0.4 is 5.73 Å². The number of hydrogen-bond donors (Lipinski definition) is 2. The molecule has 0 aliphatic rings. The van der Waals surface area contributed by atoms with Gasteiger partial charge in [0.15, 0.2) is 0 Å². The van der Waals surface area contributed by atoms with Crippen LogP contribution >= 0.6 is 12.6 Å². The van der Waals surface area contributed by atoms with Crippen molar-refractivity contribution in [1.82, 2.24) is 0 Å². The van der Waals surface area contributed by atoms with Crippen LogP contribution in [0.1, 0.15) is 5.56 Å². The summed E-state index contributed by atoms with van der Waals surface area (Å²) >= 11 is 3.98. The van der Waals surface area contributed by atoms with Crippen molar-refractivity contribution in [2.24, 2.45) is 0 Å². The maximum atomic E-state index is 12.7. The minimum Gasteiger partial charge on any atom is -0.396 e. The summed E-state index contributed by atoms with van der Waals surface area (Å²) < 4.78 is 12.7. The molecular formula is C7H8FNS. The standard InChI is InChI=1S/C7H8FNS/c1-4-2-5(10)3-6(8)7(4)9/h2-3,10H,9H2,1H3. The second kappa shape index (κ2) is 2.50. The first-order valence-corrected chi connectivity index (χ1v) is 3.30. The molecule has 0 saturated heterocycles. The van der Waals surface area contributed by atoms with Gasteiger partial charge < -0.3 is 5.73 Å². The van der Waals surface area contributed by atoms with E-state index in [2.05, 4.69) is 12.6 Å². The Morgan fingerprint density at radius 3 is 2.60 bits per heavy atom. The van der Waals surface area contributed by atoms with E-state index in [0.717, 1.165) is 5.56 Å². The van der Waals surface area contributed by atoms with Crippen LogP contribution in [0.2, 0.25) is 0 Å². The number of nitrogen functional groups attached to an aromatic ring is 1. The molecule has 0 amide bonds. The third kappa shape index (κ3) is 1.24. The largest absolute Gasteiger partial charge is 0.396 e. The van der Waals surface area contributed by atoms with Crippen molar-refractivity contribution in [3.63, 3.8) is 0 Å². The molecular weight excluding hydrogens is 149 g/mol. The molecule has 0 aliphatic carbocycles. The van der Waals surface area contributed by atoms with Gasteiger partial charge in [-0.1, -0.05) is 0 Å². The summed E-state index contributed by atoms with van der Waals surface area (Å²) in [4.78, 5) is 0.601. The van der Waals surface area contributed by atoms with E-state index in [9.17, 15) is 4.39 Å². The Kier molecular flexibility index (Phi) is 1.85. The number of nitrogens with two attached hydrogens (primary N) is 1. The van der Waals surface area contributed by atoms with E-state index in [1.807, 2.05) is 0 Å². The van der Waals surface area contributed by atoms with Crippen LogP contribution in [0.5, 0.6) is 0 Å². The van der Waals surface area contributed by atoms with Gasteiger partial charge in [-0.2, -0.15) is 0 Å². The second-order valence-electron chi connectivity index (χ2n) is 2.16. The van der Waals surface area contributed by atoms with Crippen LogP contribution in [0.3, 0.4) is 0 Å². The molecule has 0 heterocycles. The van der Waals surface area contributed by atoms with Crippen molar-refractivity contribution in [2.75, 3.05) is 5.73 Å². The number of hydrogen-bond acceptors (Lipinski definition) is 2. The molecule has 0 unspecified atom stereocenters. The van der Waals surface area contributed by atoms with Gasteiger partial charge >= 0.3 is 0 Å². The van der Waals surface area contributed by atoms with E-state index in [1.165, 1.54) is 6.07 Å². The molecule has 1 rings (SSSR count). The zero-order valence-corrected chi connectivity index (χ0v) is 6.45. The van der Waals surface area contributed by atoms with Crippen LogP contribution in [0.25, 0.3) is 0 Å². The molecule has 54 valence electrons. The van der Waals surface area contributed by atoms with Gasteiger partial charge in [-0.3, -0.25) is 0 Å². The van der Waals surface area contributed by atoms with Gasteiger partial charge in [0.2, 0.25) is 0 Å². The summed E-state index contributed by atoms with van der Waals surface area (Å²) in [6.07, 6.45) is 0. The van der Waals surface area contributed by atoms with Gasteiger partial charge in [0.25, 0.3) is 0 Å². The lowest BCUT2D eigenvalue weighted by Crippen LogP contribution is -1.93. The maximum Gasteiger partial charge on any atom is 0.147 e. The van der Waals surface area contributed by atoms with Crippen molar-refractivity contribution in [1.29, 1.82) is 0 Å². The third-order valence-electron chi connectivity index (χ3n) is 1.32. The molecule has 3 heteroatoms. The topological polar surface area (TPSA) is 26.0 Å². The maximum absolute atomic E-state index is 12.7. The van der Waals surface area contributed by atoms with Crippen LogP contribution in [-0.4, -0.2) is 0 Å². The van der Waals surface area contributed by atoms with Crippen LogP contribution in [0.15, 0.2) is 17.0 Å². The van der Waals surface area contributed by atoms with E-state index >= 15 is 0 Å². The molecule has 10 heavy (non-hydrogen) atoms. The highest BCUT2D eigenvalue weighted by Gasteiger charge is 2.00. The smallest absolute Gasteiger partial charge is 0.147 e. The first kappa shape index (κ1) is 7.41. The number of halogens is 1. The number of anilines is 1. The number of thiol groups is 1. The van der Waals surface area contributed by atoms with E-state index < -0.39 is 5.82 Å². The van der Waals surface area contributed by atoms with E-state index in [-0.39, 0.29) is 5.69 Å². The molecule has 1 aromatic rings. The highest BCUT2D eigenvalue weighted by atomic mass is 32.1. The van der Waals surface area contributed by atoms with Crippen LogP contribution in [0, 0.1) is 12.7 Å². The van der Waals surface area contributed by atoms with Gasteiger partial charge in [-0.25, -0.2) is 4.39 Å². The fourth-order valence-electron chi connectivity index (χ4n) is 0.737. The van der Waals surface area contributed by atoms with E-state index in [0.29, 0.717) is 4.90 Å². The van der Waals surface area contributed by atoms with Gasteiger partial charge in [0.1, 0.15) is 5.82 Å². The summed E-state index contributed by atoms with van der Waals surface area (Å²) in [7, 11) is 0. The molecule has 1 nitrogen and oxygen atoms in total. The Hall–Kier alpha value is -0.700. The SMILES string of the molecule is Cc1cc(S)cc(F)c1N. The van der Waals surface area contributed by atoms with Crippen molar-refractivity contribution in [3.8, 4) is 0 Å². The minimum absolute atomic E-state index is 0.206. The third-order valence-corrected chi connectivity index (χ3v) is 1.58. The predicted molar refractivity (Wildman–Crippen MR) is 42.8 cm³/mol. The van der Waals surface area contributed by atoms with E-state index in [1.54, 1.807) is 13.0 Å².